The molecule has 5 nitrogen and oxygen atoms in total. The summed E-state index contributed by atoms with van der Waals surface area (Å²) in [5, 5.41) is 9.21. The Balaban J connectivity index is 3.25. The molecule has 0 aliphatic heterocycles. The van der Waals surface area contributed by atoms with Crippen LogP contribution in [-0.2, 0) is 10.0 Å². The molecule has 1 aromatic rings. The molecule has 0 saturated heterocycles. The number of hydrogen-bond acceptors (Lipinski definition) is 4. The number of aliphatic hydroxyl groups excluding tert-OH is 1. The van der Waals surface area contributed by atoms with Crippen molar-refractivity contribution in [2.45, 2.75) is 24.3 Å². The van der Waals surface area contributed by atoms with Gasteiger partial charge in [-0.3, -0.25) is 0 Å². The van der Waals surface area contributed by atoms with Crippen molar-refractivity contribution < 1.29 is 22.7 Å². The molecule has 0 atom stereocenters. The fourth-order valence-corrected chi connectivity index (χ4v) is 2.91. The van der Waals surface area contributed by atoms with E-state index in [2.05, 4.69) is 0 Å². The number of hydrogen-bond donors (Lipinski definition) is 1. The summed E-state index contributed by atoms with van der Waals surface area (Å²) >= 11 is 0. The third-order valence-corrected chi connectivity index (χ3v) is 5.09. The molecule has 0 heterocycles. The lowest BCUT2D eigenvalue weighted by Crippen LogP contribution is -2.47. The van der Waals surface area contributed by atoms with Crippen LogP contribution in [0, 0.1) is 5.82 Å². The van der Waals surface area contributed by atoms with E-state index in [1.807, 2.05) is 0 Å². The zero-order valence-electron chi connectivity index (χ0n) is 11.3. The van der Waals surface area contributed by atoms with Gasteiger partial charge in [0, 0.05) is 7.05 Å². The minimum Gasteiger partial charge on any atom is -0.494 e. The van der Waals surface area contributed by atoms with Crippen LogP contribution in [0.3, 0.4) is 0 Å². The van der Waals surface area contributed by atoms with Gasteiger partial charge in [-0.1, -0.05) is 0 Å². The highest BCUT2D eigenvalue weighted by atomic mass is 32.2. The van der Waals surface area contributed by atoms with Gasteiger partial charge in [0.15, 0.2) is 11.6 Å². The molecule has 0 aliphatic rings. The summed E-state index contributed by atoms with van der Waals surface area (Å²) in [5.41, 5.74) is -0.977. The largest absolute Gasteiger partial charge is 0.494 e. The summed E-state index contributed by atoms with van der Waals surface area (Å²) in [6.07, 6.45) is 0. The molecule has 1 rings (SSSR count). The maximum absolute atomic E-state index is 13.6. The van der Waals surface area contributed by atoms with Gasteiger partial charge in [-0.05, 0) is 32.0 Å². The highest BCUT2D eigenvalue weighted by Crippen LogP contribution is 2.26. The number of rotatable bonds is 5. The van der Waals surface area contributed by atoms with Crippen molar-refractivity contribution in [3.05, 3.63) is 24.0 Å². The molecule has 0 unspecified atom stereocenters. The third kappa shape index (κ3) is 3.05. The summed E-state index contributed by atoms with van der Waals surface area (Å²) in [6.45, 7) is 2.80. The minimum absolute atomic E-state index is 0.0250. The van der Waals surface area contributed by atoms with Gasteiger partial charge in [0.05, 0.1) is 24.2 Å². The summed E-state index contributed by atoms with van der Waals surface area (Å²) in [7, 11) is -1.24. The van der Waals surface area contributed by atoms with E-state index in [1.165, 1.54) is 26.3 Å². The summed E-state index contributed by atoms with van der Waals surface area (Å²) in [4.78, 5) is -0.185. The average molecular weight is 291 g/mol. The molecule has 1 N–H and O–H groups in total. The molecule has 0 spiro atoms. The lowest BCUT2D eigenvalue weighted by molar-refractivity contribution is 0.138. The Hall–Kier alpha value is -1.18. The Morgan fingerprint density at radius 1 is 1.42 bits per heavy atom. The van der Waals surface area contributed by atoms with Crippen LogP contribution < -0.4 is 4.74 Å². The van der Waals surface area contributed by atoms with E-state index in [-0.39, 0.29) is 17.3 Å². The lowest BCUT2D eigenvalue weighted by Gasteiger charge is -2.32. The molecule has 0 bridgehead atoms. The highest BCUT2D eigenvalue weighted by molar-refractivity contribution is 7.89. The van der Waals surface area contributed by atoms with Crippen molar-refractivity contribution in [3.63, 3.8) is 0 Å². The Labute approximate surface area is 112 Å². The fourth-order valence-electron chi connectivity index (χ4n) is 1.39. The summed E-state index contributed by atoms with van der Waals surface area (Å²) < 4.78 is 43.9. The summed E-state index contributed by atoms with van der Waals surface area (Å²) in [6, 6.07) is 3.42. The number of ether oxygens (including phenoxy) is 1. The normalized spacial score (nSPS) is 12.8. The quantitative estimate of drug-likeness (QED) is 0.886. The molecular weight excluding hydrogens is 273 g/mol. The van der Waals surface area contributed by atoms with Crippen LogP contribution in [0.2, 0.25) is 0 Å². The molecule has 0 saturated carbocycles. The SMILES string of the molecule is COc1ccc(S(=O)(=O)N(C)C(C)(C)CO)cc1F. The molecule has 108 valence electrons. The van der Waals surface area contributed by atoms with Crippen LogP contribution in [0.15, 0.2) is 23.1 Å². The molecule has 7 heteroatoms. The smallest absolute Gasteiger partial charge is 0.243 e. The van der Waals surface area contributed by atoms with Crippen LogP contribution in [0.25, 0.3) is 0 Å². The van der Waals surface area contributed by atoms with Crippen LogP contribution >= 0.6 is 0 Å². The number of halogens is 1. The van der Waals surface area contributed by atoms with Crippen molar-refractivity contribution in [2.75, 3.05) is 20.8 Å². The highest BCUT2D eigenvalue weighted by Gasteiger charge is 2.33. The Morgan fingerprint density at radius 3 is 2.42 bits per heavy atom. The first-order valence-corrected chi connectivity index (χ1v) is 7.04. The monoisotopic (exact) mass is 291 g/mol. The van der Waals surface area contributed by atoms with Crippen molar-refractivity contribution >= 4 is 10.0 Å². The topological polar surface area (TPSA) is 66.8 Å². The van der Waals surface area contributed by atoms with E-state index in [4.69, 9.17) is 4.74 Å². The number of methoxy groups -OCH3 is 1. The van der Waals surface area contributed by atoms with E-state index in [0.29, 0.717) is 0 Å². The molecule has 1 aromatic carbocycles. The van der Waals surface area contributed by atoms with E-state index in [0.717, 1.165) is 10.4 Å². The van der Waals surface area contributed by atoms with Gasteiger partial charge in [0.1, 0.15) is 0 Å². The number of nitrogens with zero attached hydrogens (tertiary/aromatic N) is 1. The first-order chi connectivity index (χ1) is 8.66. The van der Waals surface area contributed by atoms with Crippen LogP contribution in [0.1, 0.15) is 13.8 Å². The van der Waals surface area contributed by atoms with E-state index < -0.39 is 21.4 Å². The van der Waals surface area contributed by atoms with Gasteiger partial charge in [-0.15, -0.1) is 0 Å². The summed E-state index contributed by atoms with van der Waals surface area (Å²) in [5.74, 6) is -0.776. The standard InChI is InChI=1S/C12H18FNO4S/c1-12(2,8-15)14(3)19(16,17)9-5-6-11(18-4)10(13)7-9/h5-7,15H,8H2,1-4H3. The first-order valence-electron chi connectivity index (χ1n) is 5.60. The van der Waals surface area contributed by atoms with Gasteiger partial charge in [0.2, 0.25) is 10.0 Å². The lowest BCUT2D eigenvalue weighted by atomic mass is 10.1. The molecule has 19 heavy (non-hydrogen) atoms. The predicted molar refractivity (Wildman–Crippen MR) is 69.1 cm³/mol. The molecular formula is C12H18FNO4S. The fraction of sp³-hybridized carbons (Fsp3) is 0.500. The zero-order chi connectivity index (χ0) is 14.8. The van der Waals surface area contributed by atoms with Gasteiger partial charge >= 0.3 is 0 Å². The molecule has 0 amide bonds. The van der Waals surface area contributed by atoms with E-state index in [9.17, 15) is 17.9 Å². The second-order valence-corrected chi connectivity index (χ2v) is 6.71. The molecule has 0 aromatic heterocycles. The number of aliphatic hydroxyl groups is 1. The van der Waals surface area contributed by atoms with Crippen molar-refractivity contribution in [1.29, 1.82) is 0 Å². The zero-order valence-corrected chi connectivity index (χ0v) is 12.2. The van der Waals surface area contributed by atoms with Crippen molar-refractivity contribution in [2.24, 2.45) is 0 Å². The Morgan fingerprint density at radius 2 is 2.00 bits per heavy atom. The molecule has 0 radical (unpaired) electrons. The van der Waals surface area contributed by atoms with Crippen molar-refractivity contribution in [1.82, 2.24) is 4.31 Å². The first kappa shape index (κ1) is 15.9. The minimum atomic E-state index is -3.88. The second kappa shape index (κ2) is 5.44. The van der Waals surface area contributed by atoms with Gasteiger partial charge < -0.3 is 9.84 Å². The van der Waals surface area contributed by atoms with Gasteiger partial charge in [-0.2, -0.15) is 4.31 Å². The van der Waals surface area contributed by atoms with Crippen molar-refractivity contribution in [3.8, 4) is 5.75 Å². The van der Waals surface area contributed by atoms with E-state index >= 15 is 0 Å². The number of benzene rings is 1. The molecule has 0 fully saturated rings. The maximum Gasteiger partial charge on any atom is 0.243 e. The van der Waals surface area contributed by atoms with E-state index in [1.54, 1.807) is 13.8 Å². The third-order valence-electron chi connectivity index (χ3n) is 3.02. The Kier molecular flexibility index (Phi) is 4.54. The van der Waals surface area contributed by atoms with Crippen LogP contribution in [-0.4, -0.2) is 44.1 Å². The second-order valence-electron chi connectivity index (χ2n) is 4.74. The Bertz CT molecular complexity index is 557. The predicted octanol–water partition coefficient (Wildman–Crippen LogP) is 1.23. The number of sulfonamides is 1. The van der Waals surface area contributed by atoms with Crippen LogP contribution in [0.5, 0.6) is 5.75 Å². The molecule has 0 aliphatic carbocycles. The number of likely N-dealkylation sites (N-methyl/N-ethyl adjacent to an activating group) is 1. The van der Waals surface area contributed by atoms with Gasteiger partial charge in [0.25, 0.3) is 0 Å². The maximum atomic E-state index is 13.6. The average Bonchev–Trinajstić information content (AvgIpc) is 2.37. The van der Waals surface area contributed by atoms with Crippen LogP contribution in [0.4, 0.5) is 4.39 Å². The van der Waals surface area contributed by atoms with Gasteiger partial charge in [-0.25, -0.2) is 12.8 Å².